The highest BCUT2D eigenvalue weighted by molar-refractivity contribution is 5.40. The first-order valence-electron chi connectivity index (χ1n) is 7.91. The van der Waals surface area contributed by atoms with Gasteiger partial charge in [0.05, 0.1) is 13.2 Å². The van der Waals surface area contributed by atoms with E-state index in [2.05, 4.69) is 17.4 Å². The minimum atomic E-state index is 0.406. The zero-order chi connectivity index (χ0) is 13.8. The first-order chi connectivity index (χ1) is 9.85. The Labute approximate surface area is 121 Å². The van der Waals surface area contributed by atoms with E-state index in [4.69, 9.17) is 9.47 Å². The summed E-state index contributed by atoms with van der Waals surface area (Å²) in [6, 6.07) is 6.44. The van der Waals surface area contributed by atoms with E-state index in [1.165, 1.54) is 44.1 Å². The molecule has 1 aromatic rings. The minimum absolute atomic E-state index is 0.406. The van der Waals surface area contributed by atoms with Crippen molar-refractivity contribution in [2.24, 2.45) is 0 Å². The molecule has 3 heteroatoms. The second kappa shape index (κ2) is 6.49. The van der Waals surface area contributed by atoms with Crippen LogP contribution in [0, 0.1) is 0 Å². The van der Waals surface area contributed by atoms with Gasteiger partial charge in [0, 0.05) is 6.07 Å². The van der Waals surface area contributed by atoms with Crippen molar-refractivity contribution in [3.63, 3.8) is 0 Å². The Hall–Kier alpha value is -1.22. The summed E-state index contributed by atoms with van der Waals surface area (Å²) in [5.74, 6) is 2.55. The highest BCUT2D eigenvalue weighted by Crippen LogP contribution is 2.33. The van der Waals surface area contributed by atoms with Gasteiger partial charge in [-0.2, -0.15) is 0 Å². The van der Waals surface area contributed by atoms with Crippen LogP contribution in [0.3, 0.4) is 0 Å². The van der Waals surface area contributed by atoms with Crippen molar-refractivity contribution in [2.45, 2.75) is 50.5 Å². The molecule has 1 aliphatic carbocycles. The molecule has 0 radical (unpaired) electrons. The normalized spacial score (nSPS) is 21.1. The second-order valence-corrected chi connectivity index (χ2v) is 5.99. The Kier molecular flexibility index (Phi) is 4.46. The van der Waals surface area contributed by atoms with Gasteiger partial charge < -0.3 is 14.8 Å². The summed E-state index contributed by atoms with van der Waals surface area (Å²) in [5.41, 5.74) is 1.37. The number of benzene rings is 1. The van der Waals surface area contributed by atoms with Crippen molar-refractivity contribution in [1.82, 2.24) is 5.32 Å². The lowest BCUT2D eigenvalue weighted by molar-refractivity contribution is 0.209. The Balaban J connectivity index is 1.77. The number of rotatable bonds is 4. The van der Waals surface area contributed by atoms with Gasteiger partial charge in [-0.25, -0.2) is 0 Å². The number of ether oxygens (including phenoxy) is 2. The van der Waals surface area contributed by atoms with E-state index in [-0.39, 0.29) is 0 Å². The highest BCUT2D eigenvalue weighted by atomic mass is 16.5. The smallest absolute Gasteiger partial charge is 0.123 e. The van der Waals surface area contributed by atoms with E-state index in [1.807, 2.05) is 6.07 Å². The van der Waals surface area contributed by atoms with E-state index in [0.29, 0.717) is 12.0 Å². The SMILES string of the molecule is COc1cc(OC2CCCC2)cc(C2CCNCC2)c1. The molecule has 0 spiro atoms. The molecule has 110 valence electrons. The molecule has 1 saturated heterocycles. The summed E-state index contributed by atoms with van der Waals surface area (Å²) in [4.78, 5) is 0. The summed E-state index contributed by atoms with van der Waals surface area (Å²) in [5, 5.41) is 3.42. The molecule has 0 aromatic heterocycles. The minimum Gasteiger partial charge on any atom is -0.497 e. The van der Waals surface area contributed by atoms with Crippen molar-refractivity contribution in [1.29, 1.82) is 0 Å². The largest absolute Gasteiger partial charge is 0.497 e. The van der Waals surface area contributed by atoms with Gasteiger partial charge in [0.25, 0.3) is 0 Å². The van der Waals surface area contributed by atoms with Gasteiger partial charge in [-0.05, 0) is 75.2 Å². The van der Waals surface area contributed by atoms with Gasteiger partial charge in [0.1, 0.15) is 11.5 Å². The van der Waals surface area contributed by atoms with Crippen LogP contribution in [0.4, 0.5) is 0 Å². The Bertz CT molecular complexity index is 435. The van der Waals surface area contributed by atoms with Crippen LogP contribution in [0.5, 0.6) is 11.5 Å². The lowest BCUT2D eigenvalue weighted by Gasteiger charge is -2.24. The molecule has 2 aliphatic rings. The van der Waals surface area contributed by atoms with Crippen molar-refractivity contribution in [2.75, 3.05) is 20.2 Å². The standard InChI is InChI=1S/C17H25NO2/c1-19-16-10-14(13-6-8-18-9-7-13)11-17(12-16)20-15-4-2-3-5-15/h10-13,15,18H,2-9H2,1H3. The van der Waals surface area contributed by atoms with Crippen LogP contribution in [-0.4, -0.2) is 26.3 Å². The number of hydrogen-bond acceptors (Lipinski definition) is 3. The Morgan fingerprint density at radius 2 is 1.65 bits per heavy atom. The van der Waals surface area contributed by atoms with Crippen LogP contribution in [0.1, 0.15) is 50.0 Å². The van der Waals surface area contributed by atoms with Crippen LogP contribution < -0.4 is 14.8 Å². The van der Waals surface area contributed by atoms with Crippen LogP contribution >= 0.6 is 0 Å². The maximum atomic E-state index is 6.15. The molecule has 3 nitrogen and oxygen atoms in total. The van der Waals surface area contributed by atoms with E-state index in [1.54, 1.807) is 7.11 Å². The molecule has 3 rings (SSSR count). The molecule has 0 bridgehead atoms. The molecule has 1 saturated carbocycles. The summed E-state index contributed by atoms with van der Waals surface area (Å²) in [6.07, 6.45) is 7.81. The number of nitrogens with one attached hydrogen (secondary N) is 1. The number of methoxy groups -OCH3 is 1. The molecule has 20 heavy (non-hydrogen) atoms. The topological polar surface area (TPSA) is 30.5 Å². The average Bonchev–Trinajstić information content (AvgIpc) is 3.00. The third-order valence-corrected chi connectivity index (χ3v) is 4.55. The van der Waals surface area contributed by atoms with Gasteiger partial charge in [-0.15, -0.1) is 0 Å². The second-order valence-electron chi connectivity index (χ2n) is 5.99. The van der Waals surface area contributed by atoms with Crippen molar-refractivity contribution in [3.05, 3.63) is 23.8 Å². The van der Waals surface area contributed by atoms with E-state index >= 15 is 0 Å². The lowest BCUT2D eigenvalue weighted by Crippen LogP contribution is -2.26. The molecular weight excluding hydrogens is 250 g/mol. The third-order valence-electron chi connectivity index (χ3n) is 4.55. The molecule has 1 aliphatic heterocycles. The van der Waals surface area contributed by atoms with Crippen LogP contribution in [0.15, 0.2) is 18.2 Å². The Morgan fingerprint density at radius 3 is 2.35 bits per heavy atom. The molecule has 1 aromatic carbocycles. The van der Waals surface area contributed by atoms with Gasteiger partial charge in [-0.1, -0.05) is 0 Å². The lowest BCUT2D eigenvalue weighted by atomic mass is 9.90. The molecular formula is C17H25NO2. The van der Waals surface area contributed by atoms with Crippen LogP contribution in [-0.2, 0) is 0 Å². The first-order valence-corrected chi connectivity index (χ1v) is 7.91. The van der Waals surface area contributed by atoms with Crippen molar-refractivity contribution >= 4 is 0 Å². The highest BCUT2D eigenvalue weighted by Gasteiger charge is 2.20. The summed E-state index contributed by atoms with van der Waals surface area (Å²) >= 11 is 0. The van der Waals surface area contributed by atoms with Gasteiger partial charge in [-0.3, -0.25) is 0 Å². The van der Waals surface area contributed by atoms with Crippen molar-refractivity contribution < 1.29 is 9.47 Å². The van der Waals surface area contributed by atoms with Crippen LogP contribution in [0.25, 0.3) is 0 Å². The fourth-order valence-corrected chi connectivity index (χ4v) is 3.37. The van der Waals surface area contributed by atoms with Crippen molar-refractivity contribution in [3.8, 4) is 11.5 Å². The molecule has 2 fully saturated rings. The predicted octanol–water partition coefficient (Wildman–Crippen LogP) is 3.48. The van der Waals surface area contributed by atoms with Gasteiger partial charge >= 0.3 is 0 Å². The maximum absolute atomic E-state index is 6.15. The molecule has 1 N–H and O–H groups in total. The van der Waals surface area contributed by atoms with Gasteiger partial charge in [0.2, 0.25) is 0 Å². The summed E-state index contributed by atoms with van der Waals surface area (Å²) in [7, 11) is 1.74. The Morgan fingerprint density at radius 1 is 0.950 bits per heavy atom. The maximum Gasteiger partial charge on any atom is 0.123 e. The molecule has 0 atom stereocenters. The fraction of sp³-hybridized carbons (Fsp3) is 0.647. The molecule has 0 unspecified atom stereocenters. The fourth-order valence-electron chi connectivity index (χ4n) is 3.37. The third kappa shape index (κ3) is 3.26. The zero-order valence-corrected chi connectivity index (χ0v) is 12.4. The predicted molar refractivity (Wildman–Crippen MR) is 80.7 cm³/mol. The zero-order valence-electron chi connectivity index (χ0n) is 12.4. The first kappa shape index (κ1) is 13.7. The summed E-state index contributed by atoms with van der Waals surface area (Å²) in [6.45, 7) is 2.22. The van der Waals surface area contributed by atoms with Gasteiger partial charge in [0.15, 0.2) is 0 Å². The van der Waals surface area contributed by atoms with E-state index < -0.39 is 0 Å². The summed E-state index contributed by atoms with van der Waals surface area (Å²) < 4.78 is 11.6. The number of hydrogen-bond donors (Lipinski definition) is 1. The number of piperidine rings is 1. The molecule has 0 amide bonds. The van der Waals surface area contributed by atoms with E-state index in [0.717, 1.165) is 24.6 Å². The average molecular weight is 275 g/mol. The van der Waals surface area contributed by atoms with E-state index in [9.17, 15) is 0 Å². The monoisotopic (exact) mass is 275 g/mol. The van der Waals surface area contributed by atoms with Crippen LogP contribution in [0.2, 0.25) is 0 Å². The quantitative estimate of drug-likeness (QED) is 0.912. The molecule has 1 heterocycles.